The second-order valence-corrected chi connectivity index (χ2v) is 9.22. The molecule has 2 N–H and O–H groups in total. The van der Waals surface area contributed by atoms with Gasteiger partial charge in [-0.3, -0.25) is 4.90 Å². The summed E-state index contributed by atoms with van der Waals surface area (Å²) in [6.45, 7) is 1.25. The first-order valence-electron chi connectivity index (χ1n) is 11.6. The molecule has 0 bridgehead atoms. The minimum atomic E-state index is -4.97. The maximum atomic E-state index is 13.1. The first-order chi connectivity index (χ1) is 17.3. The van der Waals surface area contributed by atoms with E-state index in [9.17, 15) is 41.0 Å². The molecule has 2 aromatic carbocycles. The highest BCUT2D eigenvalue weighted by atomic mass is 19.4. The molecule has 6 nitrogen and oxygen atoms in total. The van der Waals surface area contributed by atoms with E-state index in [4.69, 9.17) is 4.74 Å². The van der Waals surface area contributed by atoms with Crippen LogP contribution in [0.5, 0.6) is 0 Å². The zero-order valence-corrected chi connectivity index (χ0v) is 19.7. The Hall–Kier alpha value is -3.44. The summed E-state index contributed by atoms with van der Waals surface area (Å²) in [5.41, 5.74) is 0.0637. The molecule has 0 radical (unpaired) electrons. The maximum absolute atomic E-state index is 13.1. The van der Waals surface area contributed by atoms with Gasteiger partial charge in [-0.15, -0.1) is 0 Å². The van der Waals surface area contributed by atoms with Crippen molar-refractivity contribution >= 4 is 17.9 Å². The lowest BCUT2D eigenvalue weighted by Gasteiger charge is -2.39. The van der Waals surface area contributed by atoms with Gasteiger partial charge in [0, 0.05) is 18.0 Å². The molecule has 37 heavy (non-hydrogen) atoms. The van der Waals surface area contributed by atoms with Crippen molar-refractivity contribution in [2.75, 3.05) is 11.5 Å². The van der Waals surface area contributed by atoms with Crippen molar-refractivity contribution in [1.29, 1.82) is 0 Å². The number of ether oxygens (including phenoxy) is 1. The van der Waals surface area contributed by atoms with Gasteiger partial charge in [0.2, 0.25) is 0 Å². The van der Waals surface area contributed by atoms with Gasteiger partial charge in [0.25, 0.3) is 0 Å². The number of carbonyl (C=O) groups excluding carboxylic acids is 1. The van der Waals surface area contributed by atoms with Gasteiger partial charge in [0.15, 0.2) is 0 Å². The van der Waals surface area contributed by atoms with E-state index in [0.29, 0.717) is 23.4 Å². The Bertz CT molecular complexity index is 1180. The summed E-state index contributed by atoms with van der Waals surface area (Å²) in [5.74, 6) is 0. The predicted octanol–water partition coefficient (Wildman–Crippen LogP) is 6.50. The molecule has 0 fully saturated rings. The average molecular weight is 530 g/mol. The van der Waals surface area contributed by atoms with Crippen LogP contribution in [0, 0.1) is 0 Å². The van der Waals surface area contributed by atoms with Crippen molar-refractivity contribution in [2.45, 2.75) is 63.5 Å². The number of hydrogen-bond acceptors (Lipinski definition) is 3. The molecule has 200 valence electrons. The van der Waals surface area contributed by atoms with Crippen molar-refractivity contribution in [3.05, 3.63) is 63.7 Å². The third-order valence-electron chi connectivity index (χ3n) is 6.70. The van der Waals surface area contributed by atoms with Crippen molar-refractivity contribution in [2.24, 2.45) is 0 Å². The van der Waals surface area contributed by atoms with Crippen LogP contribution in [0.15, 0.2) is 30.3 Å². The second-order valence-electron chi connectivity index (χ2n) is 9.22. The number of anilines is 1. The van der Waals surface area contributed by atoms with E-state index in [2.05, 4.69) is 5.32 Å². The molecule has 0 aromatic heterocycles. The number of carboxylic acid groups (broad SMARTS) is 1. The molecule has 2 aromatic rings. The monoisotopic (exact) mass is 530 g/mol. The molecular weight excluding hydrogens is 506 g/mol. The van der Waals surface area contributed by atoms with Crippen molar-refractivity contribution in [3.8, 4) is 0 Å². The van der Waals surface area contributed by atoms with Crippen LogP contribution in [0.4, 0.5) is 41.6 Å². The summed E-state index contributed by atoms with van der Waals surface area (Å²) >= 11 is 0. The van der Waals surface area contributed by atoms with Crippen LogP contribution >= 0.6 is 0 Å². The maximum Gasteiger partial charge on any atom is 0.416 e. The van der Waals surface area contributed by atoms with Gasteiger partial charge >= 0.3 is 24.5 Å². The van der Waals surface area contributed by atoms with E-state index in [1.807, 2.05) is 6.07 Å². The molecule has 12 heteroatoms. The second kappa shape index (κ2) is 9.79. The number of benzene rings is 2. The largest absolute Gasteiger partial charge is 0.465 e. The van der Waals surface area contributed by atoms with Gasteiger partial charge in [-0.1, -0.05) is 6.07 Å². The number of halogens is 6. The van der Waals surface area contributed by atoms with Crippen molar-refractivity contribution < 1.29 is 45.8 Å². The van der Waals surface area contributed by atoms with E-state index < -0.39 is 54.4 Å². The minimum absolute atomic E-state index is 0.0393. The van der Waals surface area contributed by atoms with Gasteiger partial charge in [0.1, 0.15) is 0 Å². The first kappa shape index (κ1) is 26.6. The number of fused-ring (bicyclic) bond motifs is 3. The summed E-state index contributed by atoms with van der Waals surface area (Å²) in [6.07, 6.45) is -9.59. The summed E-state index contributed by atoms with van der Waals surface area (Å²) in [7, 11) is 0. The Balaban J connectivity index is 1.48. The van der Waals surface area contributed by atoms with Crippen LogP contribution in [-0.4, -0.2) is 29.9 Å². The van der Waals surface area contributed by atoms with Crippen LogP contribution in [0.25, 0.3) is 0 Å². The molecule has 2 unspecified atom stereocenters. The van der Waals surface area contributed by atoms with Gasteiger partial charge in [-0.05, 0) is 73.6 Å². The molecule has 0 saturated heterocycles. The fourth-order valence-electron chi connectivity index (χ4n) is 5.12. The van der Waals surface area contributed by atoms with E-state index in [1.54, 1.807) is 13.0 Å². The average Bonchev–Trinajstić information content (AvgIpc) is 3.26. The normalized spacial score (nSPS) is 19.3. The van der Waals surface area contributed by atoms with E-state index in [-0.39, 0.29) is 24.5 Å². The van der Waals surface area contributed by atoms with Crippen molar-refractivity contribution in [3.63, 3.8) is 0 Å². The molecule has 2 atom stereocenters. The number of rotatable bonds is 4. The highest BCUT2D eigenvalue weighted by Gasteiger charge is 2.38. The number of nitrogens with zero attached hydrogens (tertiary/aromatic N) is 1. The molecular formula is C25H24F6N2O4. The van der Waals surface area contributed by atoms with Crippen LogP contribution in [0.2, 0.25) is 0 Å². The number of hydrogen-bond donors (Lipinski definition) is 2. The highest BCUT2D eigenvalue weighted by Crippen LogP contribution is 2.43. The molecule has 1 aliphatic heterocycles. The zero-order valence-electron chi connectivity index (χ0n) is 19.7. The Labute approximate surface area is 208 Å². The van der Waals surface area contributed by atoms with Crippen LogP contribution in [0.3, 0.4) is 0 Å². The summed E-state index contributed by atoms with van der Waals surface area (Å²) in [4.78, 5) is 25.7. The lowest BCUT2D eigenvalue weighted by Crippen LogP contribution is -2.46. The number of amides is 2. The molecule has 1 heterocycles. The standard InChI is InChI=1S/C25H24F6N2O4/c1-13-9-19(21-18-4-2-3-15(18)5-6-20(21)33(13)23(35)36)32-22(34)37-8-7-14-10-16(24(26,27)28)12-17(11-14)25(29,30)31/h5-6,10-13,19H,2-4,7-9H2,1H3,(H,32,34)(H,35,36). The SMILES string of the molecule is CC1CC(NC(=O)OCCc2cc(C(F)(F)F)cc(C(F)(F)F)c2)c2c(ccc3c2CCC3)N1C(=O)O. The third kappa shape index (κ3) is 5.62. The third-order valence-corrected chi connectivity index (χ3v) is 6.70. The predicted molar refractivity (Wildman–Crippen MR) is 120 cm³/mol. The van der Waals surface area contributed by atoms with E-state index in [0.717, 1.165) is 30.4 Å². The minimum Gasteiger partial charge on any atom is -0.465 e. The quantitative estimate of drug-likeness (QED) is 0.443. The molecule has 4 rings (SSSR count). The number of alkyl carbamates (subject to hydrolysis) is 1. The summed E-state index contributed by atoms with van der Waals surface area (Å²) in [5, 5.41) is 12.4. The molecule has 0 spiro atoms. The fourth-order valence-corrected chi connectivity index (χ4v) is 5.12. The highest BCUT2D eigenvalue weighted by molar-refractivity contribution is 5.89. The molecule has 1 aliphatic carbocycles. The van der Waals surface area contributed by atoms with Crippen LogP contribution in [0.1, 0.15) is 59.2 Å². The number of nitrogens with one attached hydrogen (secondary N) is 1. The van der Waals surface area contributed by atoms with Crippen LogP contribution in [-0.2, 0) is 36.4 Å². The zero-order chi connectivity index (χ0) is 27.1. The van der Waals surface area contributed by atoms with Gasteiger partial charge < -0.3 is 15.2 Å². The summed E-state index contributed by atoms with van der Waals surface area (Å²) in [6, 6.07) is 3.81. The molecule has 2 aliphatic rings. The van der Waals surface area contributed by atoms with E-state index in [1.165, 1.54) is 4.90 Å². The first-order valence-corrected chi connectivity index (χ1v) is 11.6. The molecule has 0 saturated carbocycles. The smallest absolute Gasteiger partial charge is 0.416 e. The van der Waals surface area contributed by atoms with Gasteiger partial charge in [-0.25, -0.2) is 9.59 Å². The Morgan fingerprint density at radius 1 is 1.05 bits per heavy atom. The van der Waals surface area contributed by atoms with Gasteiger partial charge in [0.05, 0.1) is 29.5 Å². The number of carbonyl (C=O) groups is 2. The summed E-state index contributed by atoms with van der Waals surface area (Å²) < 4.78 is 83.5. The topological polar surface area (TPSA) is 78.9 Å². The Kier molecular flexibility index (Phi) is 7.04. The van der Waals surface area contributed by atoms with Crippen molar-refractivity contribution in [1.82, 2.24) is 5.32 Å². The Morgan fingerprint density at radius 2 is 1.70 bits per heavy atom. The molecule has 2 amide bonds. The Morgan fingerprint density at radius 3 is 2.30 bits per heavy atom. The lowest BCUT2D eigenvalue weighted by atomic mass is 9.87. The van der Waals surface area contributed by atoms with E-state index >= 15 is 0 Å². The number of aryl methyl sites for hydroxylation is 1. The van der Waals surface area contributed by atoms with Crippen LogP contribution < -0.4 is 10.2 Å². The van der Waals surface area contributed by atoms with Gasteiger partial charge in [-0.2, -0.15) is 26.3 Å². The lowest BCUT2D eigenvalue weighted by molar-refractivity contribution is -0.143. The fraction of sp³-hybridized carbons (Fsp3) is 0.440. The number of alkyl halides is 6.